The second kappa shape index (κ2) is 5.18. The molecular formula is C13H15N. The Labute approximate surface area is 85.6 Å². The van der Waals surface area contributed by atoms with Crippen molar-refractivity contribution in [2.24, 2.45) is 4.99 Å². The quantitative estimate of drug-likeness (QED) is 0.596. The number of rotatable bonds is 4. The molecule has 0 saturated carbocycles. The maximum absolute atomic E-state index is 4.12. The molecule has 0 aromatic carbocycles. The van der Waals surface area contributed by atoms with E-state index in [2.05, 4.69) is 24.7 Å². The molecule has 1 heteroatoms. The van der Waals surface area contributed by atoms with Crippen LogP contribution in [0.1, 0.15) is 6.42 Å². The van der Waals surface area contributed by atoms with E-state index in [1.54, 1.807) is 6.08 Å². The van der Waals surface area contributed by atoms with Crippen molar-refractivity contribution in [3.05, 3.63) is 60.8 Å². The average molecular weight is 185 g/mol. The van der Waals surface area contributed by atoms with Crippen LogP contribution in [0.5, 0.6) is 0 Å². The highest BCUT2D eigenvalue weighted by Crippen LogP contribution is 2.16. The summed E-state index contributed by atoms with van der Waals surface area (Å²) < 4.78 is 0. The van der Waals surface area contributed by atoms with Crippen molar-refractivity contribution in [2.75, 3.05) is 6.54 Å². The van der Waals surface area contributed by atoms with Crippen LogP contribution in [0.2, 0.25) is 0 Å². The van der Waals surface area contributed by atoms with Gasteiger partial charge >= 0.3 is 0 Å². The molecule has 0 N–H and O–H groups in total. The van der Waals surface area contributed by atoms with E-state index in [9.17, 15) is 0 Å². The number of allylic oxidation sites excluding steroid dienone is 6. The fourth-order valence-corrected chi connectivity index (χ4v) is 1.14. The molecule has 72 valence electrons. The molecule has 1 heterocycles. The van der Waals surface area contributed by atoms with Crippen LogP contribution in [0.25, 0.3) is 0 Å². The first-order chi connectivity index (χ1) is 6.74. The predicted molar refractivity (Wildman–Crippen MR) is 63.7 cm³/mol. The molecule has 0 aliphatic carbocycles. The van der Waals surface area contributed by atoms with Crippen molar-refractivity contribution in [3.8, 4) is 0 Å². The minimum absolute atomic E-state index is 0.862. The molecule has 1 rings (SSSR count). The Bertz CT molecular complexity index is 340. The van der Waals surface area contributed by atoms with Gasteiger partial charge in [0.1, 0.15) is 0 Å². The standard InChI is InChI=1S/C13H15N/c1-4-11(2)5-6-12(3)13-7-9-14-10-8-13/h4-7,9H,1-3,8,10H2/b6-5-. The topological polar surface area (TPSA) is 12.4 Å². The zero-order valence-corrected chi connectivity index (χ0v) is 8.37. The van der Waals surface area contributed by atoms with Gasteiger partial charge in [0.05, 0.1) is 0 Å². The second-order valence-corrected chi connectivity index (χ2v) is 3.13. The van der Waals surface area contributed by atoms with Gasteiger partial charge in [-0.2, -0.15) is 0 Å². The zero-order chi connectivity index (χ0) is 10.4. The van der Waals surface area contributed by atoms with Gasteiger partial charge in [0.15, 0.2) is 0 Å². The maximum atomic E-state index is 4.12. The Kier molecular flexibility index (Phi) is 3.86. The molecule has 0 bridgehead atoms. The molecule has 0 unspecified atom stereocenters. The molecule has 0 spiro atoms. The van der Waals surface area contributed by atoms with E-state index < -0.39 is 0 Å². The van der Waals surface area contributed by atoms with Crippen LogP contribution in [-0.4, -0.2) is 12.8 Å². The maximum Gasteiger partial charge on any atom is 0.0429 e. The molecule has 0 atom stereocenters. The van der Waals surface area contributed by atoms with Crippen LogP contribution in [0.3, 0.4) is 0 Å². The smallest absolute Gasteiger partial charge is 0.0429 e. The molecular weight excluding hydrogens is 170 g/mol. The number of hydrogen-bond acceptors (Lipinski definition) is 1. The van der Waals surface area contributed by atoms with Gasteiger partial charge in [0.25, 0.3) is 0 Å². The van der Waals surface area contributed by atoms with E-state index >= 15 is 0 Å². The van der Waals surface area contributed by atoms with E-state index in [4.69, 9.17) is 0 Å². The Balaban J connectivity index is 2.62. The van der Waals surface area contributed by atoms with Crippen LogP contribution < -0.4 is 0 Å². The van der Waals surface area contributed by atoms with E-state index in [1.807, 2.05) is 24.4 Å². The summed E-state index contributed by atoms with van der Waals surface area (Å²) in [5, 5.41) is 0. The van der Waals surface area contributed by atoms with Crippen LogP contribution >= 0.6 is 0 Å². The lowest BCUT2D eigenvalue weighted by atomic mass is 10.0. The van der Waals surface area contributed by atoms with Crippen molar-refractivity contribution in [1.29, 1.82) is 0 Å². The van der Waals surface area contributed by atoms with Crippen LogP contribution in [-0.2, 0) is 0 Å². The molecule has 0 radical (unpaired) electrons. The average Bonchev–Trinajstić information content (AvgIpc) is 2.26. The minimum atomic E-state index is 0.862. The summed E-state index contributed by atoms with van der Waals surface area (Å²) in [7, 11) is 0. The van der Waals surface area contributed by atoms with Crippen molar-refractivity contribution in [2.45, 2.75) is 6.42 Å². The molecule has 0 amide bonds. The monoisotopic (exact) mass is 185 g/mol. The second-order valence-electron chi connectivity index (χ2n) is 3.13. The Morgan fingerprint density at radius 2 is 2.14 bits per heavy atom. The fourth-order valence-electron chi connectivity index (χ4n) is 1.14. The summed E-state index contributed by atoms with van der Waals surface area (Å²) in [5.41, 5.74) is 3.17. The van der Waals surface area contributed by atoms with Gasteiger partial charge in [-0.25, -0.2) is 0 Å². The van der Waals surface area contributed by atoms with Gasteiger partial charge in [0.2, 0.25) is 0 Å². The first-order valence-corrected chi connectivity index (χ1v) is 4.61. The van der Waals surface area contributed by atoms with Crippen molar-refractivity contribution in [3.63, 3.8) is 0 Å². The van der Waals surface area contributed by atoms with E-state index in [0.29, 0.717) is 0 Å². The SMILES string of the molecule is C=CC(=C)/C=C\C(=C)C1=CC=NCC1. The highest BCUT2D eigenvalue weighted by molar-refractivity contribution is 5.75. The molecule has 1 nitrogen and oxygen atoms in total. The predicted octanol–water partition coefficient (Wildman–Crippen LogP) is 3.24. The molecule has 0 fully saturated rings. The highest BCUT2D eigenvalue weighted by atomic mass is 14.7. The Hall–Kier alpha value is -1.63. The summed E-state index contributed by atoms with van der Waals surface area (Å²) in [6.07, 6.45) is 10.4. The largest absolute Gasteiger partial charge is 0.293 e. The summed E-state index contributed by atoms with van der Waals surface area (Å²) in [6, 6.07) is 0. The van der Waals surface area contributed by atoms with Gasteiger partial charge in [0, 0.05) is 12.8 Å². The van der Waals surface area contributed by atoms with Gasteiger partial charge < -0.3 is 0 Å². The third-order valence-corrected chi connectivity index (χ3v) is 2.06. The Morgan fingerprint density at radius 1 is 1.36 bits per heavy atom. The summed E-state index contributed by atoms with van der Waals surface area (Å²) in [4.78, 5) is 4.12. The van der Waals surface area contributed by atoms with Crippen molar-refractivity contribution < 1.29 is 0 Å². The summed E-state index contributed by atoms with van der Waals surface area (Å²) in [6.45, 7) is 12.3. The van der Waals surface area contributed by atoms with Crippen molar-refractivity contribution >= 4 is 6.21 Å². The third-order valence-electron chi connectivity index (χ3n) is 2.06. The van der Waals surface area contributed by atoms with Gasteiger partial charge in [-0.15, -0.1) is 0 Å². The third kappa shape index (κ3) is 3.02. The van der Waals surface area contributed by atoms with Gasteiger partial charge in [-0.3, -0.25) is 4.99 Å². The van der Waals surface area contributed by atoms with Crippen LogP contribution in [0.15, 0.2) is 65.8 Å². The lowest BCUT2D eigenvalue weighted by Gasteiger charge is -2.07. The molecule has 0 aromatic rings. The van der Waals surface area contributed by atoms with E-state index in [-0.39, 0.29) is 0 Å². The van der Waals surface area contributed by atoms with Crippen molar-refractivity contribution in [1.82, 2.24) is 0 Å². The normalized spacial score (nSPS) is 15.3. The zero-order valence-electron chi connectivity index (χ0n) is 8.37. The number of aliphatic imine (C=N–C) groups is 1. The fraction of sp³-hybridized carbons (Fsp3) is 0.154. The number of dihydropyridines is 1. The first-order valence-electron chi connectivity index (χ1n) is 4.61. The van der Waals surface area contributed by atoms with E-state index in [0.717, 1.165) is 24.1 Å². The van der Waals surface area contributed by atoms with E-state index in [1.165, 1.54) is 5.57 Å². The first kappa shape index (κ1) is 10.5. The Morgan fingerprint density at radius 3 is 2.71 bits per heavy atom. The number of nitrogens with zero attached hydrogens (tertiary/aromatic N) is 1. The molecule has 0 saturated heterocycles. The summed E-state index contributed by atoms with van der Waals surface area (Å²) >= 11 is 0. The van der Waals surface area contributed by atoms with Gasteiger partial charge in [-0.05, 0) is 29.2 Å². The minimum Gasteiger partial charge on any atom is -0.293 e. The number of hydrogen-bond donors (Lipinski definition) is 0. The summed E-state index contributed by atoms with van der Waals surface area (Å²) in [5.74, 6) is 0. The highest BCUT2D eigenvalue weighted by Gasteiger charge is 2.01. The molecule has 0 aromatic heterocycles. The van der Waals surface area contributed by atoms with Crippen LogP contribution in [0.4, 0.5) is 0 Å². The molecule has 1 aliphatic heterocycles. The van der Waals surface area contributed by atoms with Gasteiger partial charge in [-0.1, -0.05) is 38.0 Å². The lowest BCUT2D eigenvalue weighted by Crippen LogP contribution is -1.95. The lowest BCUT2D eigenvalue weighted by molar-refractivity contribution is 0.957. The van der Waals surface area contributed by atoms with Crippen LogP contribution in [0, 0.1) is 0 Å². The molecule has 14 heavy (non-hydrogen) atoms. The molecule has 1 aliphatic rings.